The number of anilines is 1. The number of halogens is 1. The van der Waals surface area contributed by atoms with Crippen LogP contribution in [0.3, 0.4) is 0 Å². The number of nitrogens with one attached hydrogen (secondary N) is 1. The third-order valence-electron chi connectivity index (χ3n) is 3.66. The van der Waals surface area contributed by atoms with Gasteiger partial charge in [-0.15, -0.1) is 11.6 Å². The molecule has 2 atom stereocenters. The molecule has 21 heavy (non-hydrogen) atoms. The molecule has 1 N–H and O–H groups in total. The molecule has 0 spiro atoms. The van der Waals surface area contributed by atoms with E-state index in [1.807, 2.05) is 38.2 Å². The highest BCUT2D eigenvalue weighted by Gasteiger charge is 2.43. The zero-order chi connectivity index (χ0) is 15.0. The molecule has 3 rings (SSSR count). The molecule has 2 heterocycles. The Balaban J connectivity index is 1.87. The highest BCUT2D eigenvalue weighted by molar-refractivity contribution is 6.29. The Morgan fingerprint density at radius 1 is 1.48 bits per heavy atom. The van der Waals surface area contributed by atoms with Crippen molar-refractivity contribution >= 4 is 23.2 Å². The number of hydrogen-bond donors (Lipinski definition) is 1. The molecule has 1 saturated heterocycles. The van der Waals surface area contributed by atoms with E-state index >= 15 is 0 Å². The Hall–Kier alpha value is -1.85. The van der Waals surface area contributed by atoms with Gasteiger partial charge in [-0.1, -0.05) is 12.1 Å². The van der Waals surface area contributed by atoms with Gasteiger partial charge in [-0.05, 0) is 36.6 Å². The lowest BCUT2D eigenvalue weighted by molar-refractivity contribution is -0.113. The number of amides is 1. The van der Waals surface area contributed by atoms with Crippen LogP contribution in [-0.4, -0.2) is 21.6 Å². The minimum atomic E-state index is -0.208. The van der Waals surface area contributed by atoms with E-state index in [0.29, 0.717) is 0 Å². The summed E-state index contributed by atoms with van der Waals surface area (Å²) >= 11 is 5.56. The van der Waals surface area contributed by atoms with E-state index in [2.05, 4.69) is 10.4 Å². The van der Waals surface area contributed by atoms with Gasteiger partial charge in [0, 0.05) is 18.1 Å². The third-order valence-corrected chi connectivity index (χ3v) is 3.90. The van der Waals surface area contributed by atoms with Crippen molar-refractivity contribution in [1.82, 2.24) is 9.78 Å². The highest BCUT2D eigenvalue weighted by atomic mass is 35.5. The van der Waals surface area contributed by atoms with Gasteiger partial charge in [0.1, 0.15) is 12.0 Å². The van der Waals surface area contributed by atoms with E-state index in [4.69, 9.17) is 16.3 Å². The van der Waals surface area contributed by atoms with Gasteiger partial charge >= 0.3 is 0 Å². The number of epoxide rings is 1. The summed E-state index contributed by atoms with van der Waals surface area (Å²) in [5.41, 5.74) is 3.89. The highest BCUT2D eigenvalue weighted by Crippen LogP contribution is 2.49. The van der Waals surface area contributed by atoms with Crippen LogP contribution < -0.4 is 5.32 Å². The minimum absolute atomic E-state index is 0.0304. The second kappa shape index (κ2) is 5.50. The predicted molar refractivity (Wildman–Crippen MR) is 80.4 cm³/mol. The second-order valence-corrected chi connectivity index (χ2v) is 5.35. The molecule has 1 aromatic carbocycles. The summed E-state index contributed by atoms with van der Waals surface area (Å²) in [4.78, 5) is 11.5. The van der Waals surface area contributed by atoms with Crippen molar-refractivity contribution in [3.05, 3.63) is 47.3 Å². The minimum Gasteiger partial charge on any atom is -0.341 e. The molecule has 1 aromatic heterocycles. The summed E-state index contributed by atoms with van der Waals surface area (Å²) in [5.74, 6) is -0.265. The Kier molecular flexibility index (Phi) is 3.69. The number of rotatable bonds is 4. The molecular formula is C15H16ClN3O2. The van der Waals surface area contributed by atoms with Crippen LogP contribution in [0.1, 0.15) is 29.0 Å². The topological polar surface area (TPSA) is 59.5 Å². The molecule has 2 aromatic rings. The maximum atomic E-state index is 11.5. The SMILES string of the molecule is Cc1ccc(C2OC2n2cccn2)c(C)c1NC(=O)CCl. The molecule has 1 fully saturated rings. The molecule has 0 saturated carbocycles. The van der Waals surface area contributed by atoms with E-state index in [0.717, 1.165) is 22.4 Å². The Morgan fingerprint density at radius 3 is 2.95 bits per heavy atom. The fourth-order valence-corrected chi connectivity index (χ4v) is 2.57. The summed E-state index contributed by atoms with van der Waals surface area (Å²) in [6.07, 6.45) is 3.51. The molecule has 0 aliphatic carbocycles. The van der Waals surface area contributed by atoms with Crippen molar-refractivity contribution < 1.29 is 9.53 Å². The molecular weight excluding hydrogens is 290 g/mol. The van der Waals surface area contributed by atoms with Crippen LogP contribution >= 0.6 is 11.6 Å². The fraction of sp³-hybridized carbons (Fsp3) is 0.333. The number of carbonyl (C=O) groups excluding carboxylic acids is 1. The van der Waals surface area contributed by atoms with Crippen LogP contribution in [0.15, 0.2) is 30.6 Å². The lowest BCUT2D eigenvalue weighted by atomic mass is 10.00. The molecule has 0 radical (unpaired) electrons. The lowest BCUT2D eigenvalue weighted by Crippen LogP contribution is -2.15. The molecule has 5 nitrogen and oxygen atoms in total. The second-order valence-electron chi connectivity index (χ2n) is 5.09. The van der Waals surface area contributed by atoms with Gasteiger partial charge < -0.3 is 10.1 Å². The van der Waals surface area contributed by atoms with Gasteiger partial charge in [-0.2, -0.15) is 5.10 Å². The normalized spacial score (nSPS) is 20.3. The van der Waals surface area contributed by atoms with Crippen molar-refractivity contribution in [2.75, 3.05) is 11.2 Å². The van der Waals surface area contributed by atoms with Gasteiger partial charge in [0.05, 0.1) is 0 Å². The smallest absolute Gasteiger partial charge is 0.239 e. The first kappa shape index (κ1) is 14.1. The van der Waals surface area contributed by atoms with Gasteiger partial charge in [0.2, 0.25) is 5.91 Å². The van der Waals surface area contributed by atoms with E-state index in [-0.39, 0.29) is 24.1 Å². The number of alkyl halides is 1. The van der Waals surface area contributed by atoms with Crippen molar-refractivity contribution in [3.63, 3.8) is 0 Å². The van der Waals surface area contributed by atoms with Crippen LogP contribution in [0.5, 0.6) is 0 Å². The predicted octanol–water partition coefficient (Wildman–Crippen LogP) is 2.95. The Bertz CT molecular complexity index is 670. The summed E-state index contributed by atoms with van der Waals surface area (Å²) in [7, 11) is 0. The van der Waals surface area contributed by atoms with Gasteiger partial charge in [-0.3, -0.25) is 4.79 Å². The van der Waals surface area contributed by atoms with Gasteiger partial charge in [0.15, 0.2) is 6.23 Å². The maximum absolute atomic E-state index is 11.5. The van der Waals surface area contributed by atoms with Crippen LogP contribution in [-0.2, 0) is 9.53 Å². The Morgan fingerprint density at radius 2 is 2.29 bits per heavy atom. The van der Waals surface area contributed by atoms with Crippen LogP contribution in [0, 0.1) is 13.8 Å². The molecule has 1 aliphatic rings. The van der Waals surface area contributed by atoms with E-state index in [1.54, 1.807) is 10.9 Å². The van der Waals surface area contributed by atoms with Crippen LogP contribution in [0.25, 0.3) is 0 Å². The van der Waals surface area contributed by atoms with Crippen molar-refractivity contribution in [1.29, 1.82) is 0 Å². The molecule has 2 unspecified atom stereocenters. The average molecular weight is 306 g/mol. The maximum Gasteiger partial charge on any atom is 0.239 e. The summed E-state index contributed by atoms with van der Waals surface area (Å²) in [6.45, 7) is 3.94. The average Bonchev–Trinajstić information content (AvgIpc) is 3.07. The van der Waals surface area contributed by atoms with Crippen molar-refractivity contribution in [2.45, 2.75) is 26.2 Å². The van der Waals surface area contributed by atoms with Crippen molar-refractivity contribution in [3.8, 4) is 0 Å². The number of ether oxygens (including phenoxy) is 1. The quantitative estimate of drug-likeness (QED) is 0.698. The van der Waals surface area contributed by atoms with E-state index in [9.17, 15) is 4.79 Å². The zero-order valence-electron chi connectivity index (χ0n) is 11.8. The molecule has 0 bridgehead atoms. The standard InChI is InChI=1S/C15H16ClN3O2/c1-9-4-5-11(10(2)13(9)18-12(20)8-16)14-15(21-14)19-7-3-6-17-19/h3-7,14-15H,8H2,1-2H3,(H,18,20). The van der Waals surface area contributed by atoms with Gasteiger partial charge in [-0.25, -0.2) is 4.68 Å². The number of aryl methyl sites for hydroxylation is 1. The fourth-order valence-electron chi connectivity index (χ4n) is 2.50. The summed E-state index contributed by atoms with van der Waals surface area (Å²) < 4.78 is 7.51. The number of benzene rings is 1. The first-order valence-electron chi connectivity index (χ1n) is 6.72. The van der Waals surface area contributed by atoms with Crippen molar-refractivity contribution in [2.24, 2.45) is 0 Å². The summed E-state index contributed by atoms with van der Waals surface area (Å²) in [6, 6.07) is 5.88. The van der Waals surface area contributed by atoms with E-state index in [1.165, 1.54) is 0 Å². The first-order valence-corrected chi connectivity index (χ1v) is 7.25. The lowest BCUT2D eigenvalue weighted by Gasteiger charge is -2.14. The zero-order valence-corrected chi connectivity index (χ0v) is 12.6. The monoisotopic (exact) mass is 305 g/mol. The molecule has 6 heteroatoms. The Labute approximate surface area is 127 Å². The van der Waals surface area contributed by atoms with E-state index < -0.39 is 0 Å². The molecule has 1 amide bonds. The number of aromatic nitrogens is 2. The summed E-state index contributed by atoms with van der Waals surface area (Å²) in [5, 5.41) is 7.04. The van der Waals surface area contributed by atoms with Crippen LogP contribution in [0.4, 0.5) is 5.69 Å². The van der Waals surface area contributed by atoms with Crippen LogP contribution in [0.2, 0.25) is 0 Å². The first-order chi connectivity index (χ1) is 10.1. The largest absolute Gasteiger partial charge is 0.341 e. The number of nitrogens with zero attached hydrogens (tertiary/aromatic N) is 2. The molecule has 110 valence electrons. The number of carbonyl (C=O) groups is 1. The number of hydrogen-bond acceptors (Lipinski definition) is 3. The third kappa shape index (κ3) is 2.66. The molecule has 1 aliphatic heterocycles. The van der Waals surface area contributed by atoms with Gasteiger partial charge in [0.25, 0.3) is 0 Å².